The number of aliphatic hydroxyl groups excluding tert-OH is 1. The van der Waals surface area contributed by atoms with Gasteiger partial charge in [0.25, 0.3) is 0 Å². The van der Waals surface area contributed by atoms with E-state index >= 15 is 0 Å². The number of likely N-dealkylation sites (tertiary alicyclic amines) is 1. The third-order valence-corrected chi connectivity index (χ3v) is 3.87. The average Bonchev–Trinajstić information content (AvgIpc) is 2.82. The second-order valence-electron chi connectivity index (χ2n) is 5.13. The molecule has 1 aliphatic rings. The maximum atomic E-state index is 12.4. The minimum absolute atomic E-state index is 0.0304. The van der Waals surface area contributed by atoms with Crippen molar-refractivity contribution in [2.45, 2.75) is 25.1 Å². The molecule has 0 unspecified atom stereocenters. The lowest BCUT2D eigenvalue weighted by molar-refractivity contribution is -0.141. The average molecular weight is 313 g/mol. The normalized spacial score (nSPS) is 21.4. The Labute approximate surface area is 127 Å². The Bertz CT molecular complexity index is 552. The molecule has 1 aliphatic heterocycles. The molecule has 2 atom stereocenters. The van der Waals surface area contributed by atoms with Crippen LogP contribution in [-0.2, 0) is 11.3 Å². The van der Waals surface area contributed by atoms with Crippen molar-refractivity contribution in [3.8, 4) is 0 Å². The third-order valence-electron chi connectivity index (χ3n) is 3.50. The molecule has 2 N–H and O–H groups in total. The Morgan fingerprint density at radius 1 is 1.43 bits per heavy atom. The smallest absolute Gasteiger partial charge is 0.326 e. The second kappa shape index (κ2) is 6.32. The van der Waals surface area contributed by atoms with E-state index in [1.165, 1.54) is 9.80 Å². The van der Waals surface area contributed by atoms with E-state index in [-0.39, 0.29) is 19.5 Å². The van der Waals surface area contributed by atoms with Crippen molar-refractivity contribution in [3.05, 3.63) is 34.9 Å². The van der Waals surface area contributed by atoms with E-state index in [0.29, 0.717) is 5.02 Å². The Morgan fingerprint density at radius 3 is 2.71 bits per heavy atom. The van der Waals surface area contributed by atoms with Crippen molar-refractivity contribution in [1.82, 2.24) is 9.80 Å². The van der Waals surface area contributed by atoms with Gasteiger partial charge in [-0.2, -0.15) is 0 Å². The highest BCUT2D eigenvalue weighted by Crippen LogP contribution is 2.22. The van der Waals surface area contributed by atoms with Crippen molar-refractivity contribution < 1.29 is 19.8 Å². The molecule has 1 fully saturated rings. The fourth-order valence-electron chi connectivity index (χ4n) is 2.43. The molecule has 6 nitrogen and oxygen atoms in total. The number of benzene rings is 1. The number of carboxylic acids is 1. The molecule has 2 amide bonds. The van der Waals surface area contributed by atoms with Gasteiger partial charge in [0.15, 0.2) is 0 Å². The van der Waals surface area contributed by atoms with E-state index in [4.69, 9.17) is 16.7 Å². The van der Waals surface area contributed by atoms with Gasteiger partial charge in [0.1, 0.15) is 6.04 Å². The van der Waals surface area contributed by atoms with E-state index < -0.39 is 24.1 Å². The van der Waals surface area contributed by atoms with Gasteiger partial charge in [-0.1, -0.05) is 29.8 Å². The maximum Gasteiger partial charge on any atom is 0.326 e. The highest BCUT2D eigenvalue weighted by Gasteiger charge is 2.40. The van der Waals surface area contributed by atoms with Crippen LogP contribution in [0, 0.1) is 0 Å². The summed E-state index contributed by atoms with van der Waals surface area (Å²) in [6, 6.07) is 5.73. The van der Waals surface area contributed by atoms with Crippen molar-refractivity contribution in [1.29, 1.82) is 0 Å². The lowest BCUT2D eigenvalue weighted by Crippen LogP contribution is -2.46. The Morgan fingerprint density at radius 2 is 2.10 bits per heavy atom. The summed E-state index contributed by atoms with van der Waals surface area (Å²) < 4.78 is 0. The number of urea groups is 1. The minimum Gasteiger partial charge on any atom is -0.480 e. The molecule has 0 spiro atoms. The van der Waals surface area contributed by atoms with E-state index in [2.05, 4.69) is 0 Å². The first-order valence-electron chi connectivity index (χ1n) is 6.56. The first-order chi connectivity index (χ1) is 9.90. The molecule has 1 aromatic carbocycles. The number of amides is 2. The highest BCUT2D eigenvalue weighted by molar-refractivity contribution is 6.31. The van der Waals surface area contributed by atoms with E-state index in [0.717, 1.165) is 5.56 Å². The number of rotatable bonds is 3. The third kappa shape index (κ3) is 3.46. The molecule has 1 heterocycles. The first-order valence-corrected chi connectivity index (χ1v) is 6.94. The van der Waals surface area contributed by atoms with E-state index in [1.54, 1.807) is 25.2 Å². The number of carboxylic acid groups (broad SMARTS) is 1. The van der Waals surface area contributed by atoms with Crippen molar-refractivity contribution in [3.63, 3.8) is 0 Å². The van der Waals surface area contributed by atoms with Gasteiger partial charge in [0.2, 0.25) is 0 Å². The molecule has 0 aliphatic carbocycles. The topological polar surface area (TPSA) is 81.1 Å². The lowest BCUT2D eigenvalue weighted by atomic mass is 10.2. The number of halogens is 1. The van der Waals surface area contributed by atoms with Gasteiger partial charge >= 0.3 is 12.0 Å². The predicted molar refractivity (Wildman–Crippen MR) is 77.1 cm³/mol. The summed E-state index contributed by atoms with van der Waals surface area (Å²) in [6.45, 7) is 0.306. The molecule has 1 aromatic rings. The molecule has 21 heavy (non-hydrogen) atoms. The number of β-amino-alcohol motifs (C(OH)–C–C–N with tert-alkyl or cyclic N) is 1. The zero-order chi connectivity index (χ0) is 15.6. The van der Waals surface area contributed by atoms with Gasteiger partial charge in [-0.25, -0.2) is 9.59 Å². The number of carbonyl (C=O) groups excluding carboxylic acids is 1. The van der Waals surface area contributed by atoms with Gasteiger partial charge in [-0.3, -0.25) is 0 Å². The van der Waals surface area contributed by atoms with Crippen LogP contribution in [0.2, 0.25) is 5.02 Å². The Kier molecular flexibility index (Phi) is 4.69. The van der Waals surface area contributed by atoms with Crippen molar-refractivity contribution in [2.75, 3.05) is 13.6 Å². The molecule has 114 valence electrons. The monoisotopic (exact) mass is 312 g/mol. The van der Waals surface area contributed by atoms with Gasteiger partial charge in [0.05, 0.1) is 6.10 Å². The highest BCUT2D eigenvalue weighted by atomic mass is 35.5. The van der Waals surface area contributed by atoms with Gasteiger partial charge in [-0.05, 0) is 11.6 Å². The molecule has 0 bridgehead atoms. The lowest BCUT2D eigenvalue weighted by Gasteiger charge is -2.27. The molecule has 1 saturated heterocycles. The molecular formula is C14H17ClN2O4. The van der Waals surface area contributed by atoms with Crippen LogP contribution in [0.25, 0.3) is 0 Å². The van der Waals surface area contributed by atoms with Crippen molar-refractivity contribution >= 4 is 23.6 Å². The summed E-state index contributed by atoms with van der Waals surface area (Å²) in [5.41, 5.74) is 0.779. The summed E-state index contributed by atoms with van der Waals surface area (Å²) in [5.74, 6) is -1.11. The van der Waals surface area contributed by atoms with Crippen LogP contribution in [-0.4, -0.2) is 57.8 Å². The Hall–Kier alpha value is -1.79. The largest absolute Gasteiger partial charge is 0.480 e. The van der Waals surface area contributed by atoms with Gasteiger partial charge < -0.3 is 20.0 Å². The number of aliphatic carboxylic acids is 1. The summed E-state index contributed by atoms with van der Waals surface area (Å²) in [7, 11) is 1.58. The van der Waals surface area contributed by atoms with Gasteiger partial charge in [0, 0.05) is 31.6 Å². The molecule has 0 saturated carbocycles. The van der Waals surface area contributed by atoms with Crippen LogP contribution in [0.1, 0.15) is 12.0 Å². The molecule has 0 aromatic heterocycles. The predicted octanol–water partition coefficient (Wildman–Crippen LogP) is 1.41. The number of hydrogen-bond donors (Lipinski definition) is 2. The zero-order valence-electron chi connectivity index (χ0n) is 11.6. The molecule has 0 radical (unpaired) electrons. The quantitative estimate of drug-likeness (QED) is 0.884. The van der Waals surface area contributed by atoms with Crippen LogP contribution in [0.5, 0.6) is 0 Å². The number of carbonyl (C=O) groups is 2. The van der Waals surface area contributed by atoms with Crippen LogP contribution in [0.3, 0.4) is 0 Å². The zero-order valence-corrected chi connectivity index (χ0v) is 12.3. The standard InChI is InChI=1S/C14H17ClN2O4/c1-16(7-9-4-2-3-5-11(9)15)14(21)17-8-10(18)6-12(17)13(19)20/h2-5,10,12,18H,6-8H2,1H3,(H,19,20)/t10-,12+/m1/s1. The van der Waals surface area contributed by atoms with E-state index in [1.807, 2.05) is 6.07 Å². The van der Waals surface area contributed by atoms with Crippen molar-refractivity contribution in [2.24, 2.45) is 0 Å². The summed E-state index contributed by atoms with van der Waals surface area (Å²) in [6.07, 6.45) is -0.746. The summed E-state index contributed by atoms with van der Waals surface area (Å²) >= 11 is 6.05. The minimum atomic E-state index is -1.11. The number of nitrogens with zero attached hydrogens (tertiary/aromatic N) is 2. The van der Waals surface area contributed by atoms with Crippen LogP contribution < -0.4 is 0 Å². The van der Waals surface area contributed by atoms with E-state index in [9.17, 15) is 14.7 Å². The molecule has 2 rings (SSSR count). The van der Waals surface area contributed by atoms with Crippen LogP contribution >= 0.6 is 11.6 Å². The SMILES string of the molecule is CN(Cc1ccccc1Cl)C(=O)N1C[C@H](O)C[C@H]1C(=O)O. The Balaban J connectivity index is 2.08. The maximum absolute atomic E-state index is 12.4. The van der Waals surface area contributed by atoms with Crippen LogP contribution in [0.15, 0.2) is 24.3 Å². The molecular weight excluding hydrogens is 296 g/mol. The summed E-state index contributed by atoms with van der Waals surface area (Å²) in [5, 5.41) is 19.3. The summed E-state index contributed by atoms with van der Waals surface area (Å²) in [4.78, 5) is 26.1. The fraction of sp³-hybridized carbons (Fsp3) is 0.429. The van der Waals surface area contributed by atoms with Gasteiger partial charge in [-0.15, -0.1) is 0 Å². The number of hydrogen-bond acceptors (Lipinski definition) is 3. The first kappa shape index (κ1) is 15.6. The molecule has 7 heteroatoms. The number of aliphatic hydroxyl groups is 1. The fourth-order valence-corrected chi connectivity index (χ4v) is 2.62. The second-order valence-corrected chi connectivity index (χ2v) is 5.53. The van der Waals surface area contributed by atoms with Crippen LogP contribution in [0.4, 0.5) is 4.79 Å².